The van der Waals surface area contributed by atoms with E-state index in [0.717, 1.165) is 18.5 Å². The van der Waals surface area contributed by atoms with Crippen LogP contribution < -0.4 is 11.1 Å². The fourth-order valence-corrected chi connectivity index (χ4v) is 1.30. The summed E-state index contributed by atoms with van der Waals surface area (Å²) >= 11 is 0. The third-order valence-electron chi connectivity index (χ3n) is 2.12. The molecule has 1 aromatic heterocycles. The summed E-state index contributed by atoms with van der Waals surface area (Å²) in [7, 11) is 0. The van der Waals surface area contributed by atoms with Gasteiger partial charge in [0.25, 0.3) is 5.91 Å². The molecule has 0 bridgehead atoms. The number of amides is 1. The first-order chi connectivity index (χ1) is 8.58. The van der Waals surface area contributed by atoms with Crippen LogP contribution in [0.4, 0.5) is 14.5 Å². The molecule has 0 radical (unpaired) electrons. The molecule has 0 fully saturated rings. The Morgan fingerprint density at radius 3 is 2.89 bits per heavy atom. The van der Waals surface area contributed by atoms with Crippen molar-refractivity contribution in [2.45, 2.75) is 6.54 Å². The summed E-state index contributed by atoms with van der Waals surface area (Å²) in [6, 6.07) is 1.56. The Kier molecular flexibility index (Phi) is 3.18. The Bertz CT molecular complexity index is 572. The predicted octanol–water partition coefficient (Wildman–Crippen LogP) is 0.860. The molecule has 1 amide bonds. The maximum Gasteiger partial charge on any atom is 0.254 e. The molecule has 3 N–H and O–H groups in total. The lowest BCUT2D eigenvalue weighted by atomic mass is 10.1. The van der Waals surface area contributed by atoms with Gasteiger partial charge in [-0.3, -0.25) is 4.79 Å². The Labute approximate surface area is 99.8 Å². The van der Waals surface area contributed by atoms with Crippen molar-refractivity contribution in [3.63, 3.8) is 0 Å². The van der Waals surface area contributed by atoms with Crippen LogP contribution >= 0.6 is 0 Å². The minimum atomic E-state index is -0.970. The van der Waals surface area contributed by atoms with Gasteiger partial charge in [-0.1, -0.05) is 5.16 Å². The van der Waals surface area contributed by atoms with Crippen molar-refractivity contribution < 1.29 is 18.1 Å². The number of halogens is 2. The van der Waals surface area contributed by atoms with Crippen molar-refractivity contribution in [1.82, 2.24) is 15.5 Å². The summed E-state index contributed by atoms with van der Waals surface area (Å²) in [6.45, 7) is -0.0643. The quantitative estimate of drug-likeness (QED) is 0.792. The zero-order valence-corrected chi connectivity index (χ0v) is 8.98. The van der Waals surface area contributed by atoms with E-state index in [9.17, 15) is 13.6 Å². The molecule has 18 heavy (non-hydrogen) atoms. The normalized spacial score (nSPS) is 10.3. The second kappa shape index (κ2) is 4.78. The number of benzene rings is 1. The van der Waals surface area contributed by atoms with Gasteiger partial charge in [-0.25, -0.2) is 8.78 Å². The van der Waals surface area contributed by atoms with E-state index < -0.39 is 28.8 Å². The maximum atomic E-state index is 13.5. The molecule has 0 unspecified atom stereocenters. The number of nitrogens with one attached hydrogen (secondary N) is 1. The average molecular weight is 254 g/mol. The molecule has 8 heteroatoms. The number of nitrogen functional groups attached to an aromatic ring is 1. The lowest BCUT2D eigenvalue weighted by Gasteiger charge is -2.06. The van der Waals surface area contributed by atoms with Gasteiger partial charge in [0, 0.05) is 0 Å². The summed E-state index contributed by atoms with van der Waals surface area (Å²) in [5.41, 5.74) is 4.31. The number of aromatic nitrogens is 2. The van der Waals surface area contributed by atoms with E-state index in [1.807, 2.05) is 0 Å². The van der Waals surface area contributed by atoms with Crippen molar-refractivity contribution >= 4 is 11.6 Å². The number of nitrogens with two attached hydrogens (primary N) is 1. The average Bonchev–Trinajstić information content (AvgIpc) is 2.83. The second-order valence-electron chi connectivity index (χ2n) is 3.39. The Hall–Kier alpha value is -2.51. The van der Waals surface area contributed by atoms with Gasteiger partial charge in [0.1, 0.15) is 5.82 Å². The number of rotatable bonds is 3. The van der Waals surface area contributed by atoms with Crippen LogP contribution in [0.15, 0.2) is 23.0 Å². The molecule has 6 nitrogen and oxygen atoms in total. The molecular formula is C10H8F2N4O2. The Morgan fingerprint density at radius 2 is 2.22 bits per heavy atom. The Balaban J connectivity index is 2.14. The standard InChI is InChI=1S/C10H8F2N4O2/c11-5-1-6(9(12)7(13)2-5)10(17)14-3-8-15-4-18-16-8/h1-2,4H,3,13H2,(H,14,17). The van der Waals surface area contributed by atoms with Gasteiger partial charge < -0.3 is 15.6 Å². The largest absolute Gasteiger partial charge is 0.396 e. The summed E-state index contributed by atoms with van der Waals surface area (Å²) in [6.07, 6.45) is 1.09. The van der Waals surface area contributed by atoms with E-state index in [1.165, 1.54) is 0 Å². The van der Waals surface area contributed by atoms with Crippen LogP contribution in [0.3, 0.4) is 0 Å². The fourth-order valence-electron chi connectivity index (χ4n) is 1.30. The highest BCUT2D eigenvalue weighted by atomic mass is 19.1. The van der Waals surface area contributed by atoms with E-state index in [2.05, 4.69) is 20.0 Å². The molecule has 0 saturated carbocycles. The first-order valence-corrected chi connectivity index (χ1v) is 4.86. The Morgan fingerprint density at radius 1 is 1.44 bits per heavy atom. The smallest absolute Gasteiger partial charge is 0.254 e. The minimum Gasteiger partial charge on any atom is -0.396 e. The van der Waals surface area contributed by atoms with Crippen LogP contribution in [0.1, 0.15) is 16.2 Å². The van der Waals surface area contributed by atoms with Gasteiger partial charge in [-0.15, -0.1) is 0 Å². The zero-order chi connectivity index (χ0) is 13.1. The van der Waals surface area contributed by atoms with E-state index in [-0.39, 0.29) is 12.4 Å². The summed E-state index contributed by atoms with van der Waals surface area (Å²) in [4.78, 5) is 15.3. The van der Waals surface area contributed by atoms with E-state index in [1.54, 1.807) is 0 Å². The SMILES string of the molecule is Nc1cc(F)cc(C(=O)NCc2ncon2)c1F. The van der Waals surface area contributed by atoms with E-state index >= 15 is 0 Å². The van der Waals surface area contributed by atoms with Gasteiger partial charge in [-0.05, 0) is 12.1 Å². The highest BCUT2D eigenvalue weighted by Crippen LogP contribution is 2.17. The summed E-state index contributed by atoms with van der Waals surface area (Å²) in [5.74, 6) is -2.36. The van der Waals surface area contributed by atoms with Crippen LogP contribution in [0.5, 0.6) is 0 Å². The van der Waals surface area contributed by atoms with Gasteiger partial charge in [0.05, 0.1) is 17.8 Å². The fraction of sp³-hybridized carbons (Fsp3) is 0.100. The molecule has 2 aromatic rings. The number of anilines is 1. The van der Waals surface area contributed by atoms with Crippen molar-refractivity contribution in [2.24, 2.45) is 0 Å². The van der Waals surface area contributed by atoms with Crippen molar-refractivity contribution in [2.75, 3.05) is 5.73 Å². The predicted molar refractivity (Wildman–Crippen MR) is 56.2 cm³/mol. The highest BCUT2D eigenvalue weighted by molar-refractivity contribution is 5.95. The number of carbonyl (C=O) groups is 1. The van der Waals surface area contributed by atoms with Gasteiger partial charge in [0.2, 0.25) is 6.39 Å². The third-order valence-corrected chi connectivity index (χ3v) is 2.12. The van der Waals surface area contributed by atoms with Gasteiger partial charge in [-0.2, -0.15) is 4.98 Å². The van der Waals surface area contributed by atoms with Gasteiger partial charge in [0.15, 0.2) is 11.6 Å². The molecule has 0 aliphatic heterocycles. The lowest BCUT2D eigenvalue weighted by molar-refractivity contribution is 0.0945. The molecule has 2 rings (SSSR count). The second-order valence-corrected chi connectivity index (χ2v) is 3.39. The topological polar surface area (TPSA) is 94.0 Å². The van der Waals surface area contributed by atoms with E-state index in [0.29, 0.717) is 0 Å². The van der Waals surface area contributed by atoms with Crippen LogP contribution in [0.2, 0.25) is 0 Å². The zero-order valence-electron chi connectivity index (χ0n) is 8.98. The highest BCUT2D eigenvalue weighted by Gasteiger charge is 2.16. The van der Waals surface area contributed by atoms with Crippen LogP contribution in [-0.4, -0.2) is 16.0 Å². The molecule has 0 aliphatic carbocycles. The molecule has 0 atom stereocenters. The molecular weight excluding hydrogens is 246 g/mol. The monoisotopic (exact) mass is 254 g/mol. The molecule has 0 aliphatic rings. The number of nitrogens with zero attached hydrogens (tertiary/aromatic N) is 2. The molecule has 0 spiro atoms. The minimum absolute atomic E-state index is 0.0643. The maximum absolute atomic E-state index is 13.5. The van der Waals surface area contributed by atoms with Gasteiger partial charge >= 0.3 is 0 Å². The third kappa shape index (κ3) is 2.42. The van der Waals surface area contributed by atoms with Crippen molar-refractivity contribution in [3.8, 4) is 0 Å². The van der Waals surface area contributed by atoms with Crippen molar-refractivity contribution in [3.05, 3.63) is 41.5 Å². The number of hydrogen-bond donors (Lipinski definition) is 2. The lowest BCUT2D eigenvalue weighted by Crippen LogP contribution is -2.25. The molecule has 0 saturated heterocycles. The first-order valence-electron chi connectivity index (χ1n) is 4.86. The van der Waals surface area contributed by atoms with E-state index in [4.69, 9.17) is 5.73 Å². The van der Waals surface area contributed by atoms with Crippen molar-refractivity contribution in [1.29, 1.82) is 0 Å². The number of hydrogen-bond acceptors (Lipinski definition) is 5. The number of carbonyl (C=O) groups excluding carboxylic acids is 1. The molecule has 1 heterocycles. The summed E-state index contributed by atoms with van der Waals surface area (Å²) in [5, 5.41) is 5.76. The van der Waals surface area contributed by atoms with Crippen LogP contribution in [0, 0.1) is 11.6 Å². The van der Waals surface area contributed by atoms with Crippen LogP contribution in [0.25, 0.3) is 0 Å². The summed E-state index contributed by atoms with van der Waals surface area (Å²) < 4.78 is 31.0. The molecule has 1 aromatic carbocycles. The molecule has 94 valence electrons. The van der Waals surface area contributed by atoms with Crippen LogP contribution in [-0.2, 0) is 6.54 Å². The first kappa shape index (κ1) is 12.0.